The lowest BCUT2D eigenvalue weighted by Crippen LogP contribution is -2.42. The average Bonchev–Trinajstić information content (AvgIpc) is 2.99. The second-order valence-electron chi connectivity index (χ2n) is 4.93. The van der Waals surface area contributed by atoms with Crippen LogP contribution in [0.3, 0.4) is 0 Å². The number of hydrogen-bond donors (Lipinski definition) is 2. The Bertz CT molecular complexity index is 593. The van der Waals surface area contributed by atoms with E-state index >= 15 is 0 Å². The van der Waals surface area contributed by atoms with Crippen LogP contribution in [0.2, 0.25) is 10.0 Å². The van der Waals surface area contributed by atoms with E-state index in [9.17, 15) is 9.59 Å². The molecule has 1 aliphatic rings. The number of nitrogens with one attached hydrogen (secondary N) is 2. The van der Waals surface area contributed by atoms with Crippen molar-refractivity contribution in [3.63, 3.8) is 0 Å². The van der Waals surface area contributed by atoms with Crippen molar-refractivity contribution in [3.8, 4) is 0 Å². The van der Waals surface area contributed by atoms with E-state index in [4.69, 9.17) is 23.2 Å². The molecule has 0 aliphatic heterocycles. The predicted octanol–water partition coefficient (Wildman–Crippen LogP) is 3.59. The first kappa shape index (κ1) is 17.2. The lowest BCUT2D eigenvalue weighted by molar-refractivity contribution is -0.128. The molecule has 0 bridgehead atoms. The zero-order valence-electron chi connectivity index (χ0n) is 11.8. The molecule has 2 N–H and O–H groups in total. The average molecular weight is 359 g/mol. The third-order valence-electron chi connectivity index (χ3n) is 3.15. The van der Waals surface area contributed by atoms with Crippen molar-refractivity contribution < 1.29 is 9.59 Å². The van der Waals surface area contributed by atoms with Crippen molar-refractivity contribution in [2.45, 2.75) is 24.2 Å². The number of amides is 2. The molecule has 0 aromatic heterocycles. The summed E-state index contributed by atoms with van der Waals surface area (Å²) < 4.78 is 0. The molecule has 0 spiro atoms. The van der Waals surface area contributed by atoms with E-state index in [1.807, 2.05) is 6.08 Å². The molecule has 0 saturated carbocycles. The maximum atomic E-state index is 11.7. The Hall–Kier alpha value is -1.17. The van der Waals surface area contributed by atoms with Crippen LogP contribution in [0.1, 0.15) is 19.3 Å². The van der Waals surface area contributed by atoms with E-state index < -0.39 is 0 Å². The Morgan fingerprint density at radius 3 is 2.73 bits per heavy atom. The van der Waals surface area contributed by atoms with Gasteiger partial charge in [-0.05, 0) is 37.0 Å². The van der Waals surface area contributed by atoms with Crippen LogP contribution in [0.5, 0.6) is 0 Å². The van der Waals surface area contributed by atoms with Gasteiger partial charge in [0.25, 0.3) is 0 Å². The molecule has 0 radical (unpaired) electrons. The van der Waals surface area contributed by atoms with Crippen LogP contribution in [0.25, 0.3) is 0 Å². The lowest BCUT2D eigenvalue weighted by atomic mass is 10.1. The first-order valence-electron chi connectivity index (χ1n) is 6.87. The highest BCUT2D eigenvalue weighted by Crippen LogP contribution is 2.29. The highest BCUT2D eigenvalue weighted by atomic mass is 35.5. The molecule has 1 aliphatic carbocycles. The van der Waals surface area contributed by atoms with Crippen LogP contribution in [0.4, 0.5) is 0 Å². The summed E-state index contributed by atoms with van der Waals surface area (Å²) in [6, 6.07) is 5.07. The molecule has 7 heteroatoms. The topological polar surface area (TPSA) is 58.2 Å². The molecule has 0 saturated heterocycles. The number of carbonyl (C=O) groups is 2. The highest BCUT2D eigenvalue weighted by Gasteiger charge is 2.14. The minimum atomic E-state index is -0.295. The standard InChI is InChI=1S/C15H16Cl2N2O2S/c16-11-5-6-12(17)13(8-11)22-9-15(21)19-18-14(20)7-10-3-1-2-4-10/h1,3,5-6,8,10H,2,4,7,9H2,(H,18,20)(H,19,21)/t10-/m1/s1. The Morgan fingerprint density at radius 1 is 1.23 bits per heavy atom. The minimum absolute atomic E-state index is 0.143. The Labute approximate surface area is 143 Å². The largest absolute Gasteiger partial charge is 0.273 e. The minimum Gasteiger partial charge on any atom is -0.273 e. The van der Waals surface area contributed by atoms with E-state index in [2.05, 4.69) is 16.9 Å². The zero-order valence-corrected chi connectivity index (χ0v) is 14.1. The fourth-order valence-electron chi connectivity index (χ4n) is 2.06. The maximum absolute atomic E-state index is 11.7. The summed E-state index contributed by atoms with van der Waals surface area (Å²) in [5.41, 5.74) is 4.83. The first-order valence-corrected chi connectivity index (χ1v) is 8.61. The molecular weight excluding hydrogens is 343 g/mol. The molecule has 1 aromatic rings. The van der Waals surface area contributed by atoms with Crippen molar-refractivity contribution >= 4 is 46.8 Å². The molecule has 0 unspecified atom stereocenters. The van der Waals surface area contributed by atoms with E-state index in [-0.39, 0.29) is 23.5 Å². The lowest BCUT2D eigenvalue weighted by Gasteiger charge is -2.10. The van der Waals surface area contributed by atoms with Gasteiger partial charge in [0.05, 0.1) is 10.8 Å². The van der Waals surface area contributed by atoms with Gasteiger partial charge in [-0.2, -0.15) is 0 Å². The van der Waals surface area contributed by atoms with Crippen molar-refractivity contribution in [3.05, 3.63) is 40.4 Å². The second kappa shape index (κ2) is 8.46. The third-order valence-corrected chi connectivity index (χ3v) is 4.89. The van der Waals surface area contributed by atoms with Gasteiger partial charge in [-0.15, -0.1) is 11.8 Å². The van der Waals surface area contributed by atoms with E-state index in [1.54, 1.807) is 18.2 Å². The van der Waals surface area contributed by atoms with Crippen LogP contribution in [0, 0.1) is 5.92 Å². The Kier molecular flexibility index (Phi) is 6.61. The number of halogens is 2. The molecule has 118 valence electrons. The quantitative estimate of drug-likeness (QED) is 0.480. The molecule has 0 fully saturated rings. The summed E-state index contributed by atoms with van der Waals surface area (Å²) >= 11 is 13.2. The molecule has 2 amide bonds. The maximum Gasteiger partial charge on any atom is 0.248 e. The molecule has 1 aromatic carbocycles. The number of thioether (sulfide) groups is 1. The van der Waals surface area contributed by atoms with Crippen LogP contribution in [0.15, 0.2) is 35.2 Å². The molecule has 0 heterocycles. The smallest absolute Gasteiger partial charge is 0.248 e. The fourth-order valence-corrected chi connectivity index (χ4v) is 3.35. The fraction of sp³-hybridized carbons (Fsp3) is 0.333. The molecular formula is C15H16Cl2N2O2S. The van der Waals surface area contributed by atoms with Crippen molar-refractivity contribution in [1.82, 2.24) is 10.9 Å². The van der Waals surface area contributed by atoms with Crippen LogP contribution >= 0.6 is 35.0 Å². The van der Waals surface area contributed by atoms with Crippen molar-refractivity contribution in [2.75, 3.05) is 5.75 Å². The zero-order chi connectivity index (χ0) is 15.9. The summed E-state index contributed by atoms with van der Waals surface area (Å²) in [7, 11) is 0. The van der Waals surface area contributed by atoms with Crippen molar-refractivity contribution in [1.29, 1.82) is 0 Å². The summed E-state index contributed by atoms with van der Waals surface area (Å²) in [6.45, 7) is 0. The molecule has 22 heavy (non-hydrogen) atoms. The summed E-state index contributed by atoms with van der Waals surface area (Å²) in [5.74, 6) is -0.0625. The van der Waals surface area contributed by atoms with Gasteiger partial charge in [0, 0.05) is 16.3 Å². The summed E-state index contributed by atoms with van der Waals surface area (Å²) in [5, 5.41) is 1.10. The summed E-state index contributed by atoms with van der Waals surface area (Å²) in [4.78, 5) is 24.1. The number of allylic oxidation sites excluding steroid dienone is 2. The Balaban J connectivity index is 1.70. The number of benzene rings is 1. The van der Waals surface area contributed by atoms with Gasteiger partial charge in [0.2, 0.25) is 11.8 Å². The summed E-state index contributed by atoms with van der Waals surface area (Å²) in [6.07, 6.45) is 6.51. The first-order chi connectivity index (χ1) is 10.5. The van der Waals surface area contributed by atoms with Crippen LogP contribution < -0.4 is 10.9 Å². The van der Waals surface area contributed by atoms with Crippen LogP contribution in [-0.2, 0) is 9.59 Å². The van der Waals surface area contributed by atoms with Gasteiger partial charge in [0.1, 0.15) is 0 Å². The molecule has 4 nitrogen and oxygen atoms in total. The molecule has 1 atom stereocenters. The van der Waals surface area contributed by atoms with E-state index in [0.717, 1.165) is 17.7 Å². The van der Waals surface area contributed by atoms with Gasteiger partial charge in [0.15, 0.2) is 0 Å². The number of hydrazine groups is 1. The van der Waals surface area contributed by atoms with E-state index in [0.29, 0.717) is 16.5 Å². The second-order valence-corrected chi connectivity index (χ2v) is 6.79. The third kappa shape index (κ3) is 5.55. The van der Waals surface area contributed by atoms with Gasteiger partial charge in [-0.25, -0.2) is 0 Å². The van der Waals surface area contributed by atoms with Gasteiger partial charge < -0.3 is 0 Å². The normalized spacial score (nSPS) is 16.5. The van der Waals surface area contributed by atoms with Gasteiger partial charge in [-0.1, -0.05) is 35.4 Å². The Morgan fingerprint density at radius 2 is 2.00 bits per heavy atom. The monoisotopic (exact) mass is 358 g/mol. The molecule has 2 rings (SSSR count). The predicted molar refractivity (Wildman–Crippen MR) is 90.0 cm³/mol. The number of carbonyl (C=O) groups excluding carboxylic acids is 2. The van der Waals surface area contributed by atoms with Crippen molar-refractivity contribution in [2.24, 2.45) is 5.92 Å². The van der Waals surface area contributed by atoms with Gasteiger partial charge in [-0.3, -0.25) is 20.4 Å². The number of rotatable bonds is 5. The SMILES string of the molecule is O=C(CSc1cc(Cl)ccc1Cl)NNC(=O)C[C@@H]1C=CCC1. The van der Waals surface area contributed by atoms with Crippen LogP contribution in [-0.4, -0.2) is 17.6 Å². The van der Waals surface area contributed by atoms with E-state index in [1.165, 1.54) is 11.8 Å². The van der Waals surface area contributed by atoms with Gasteiger partial charge >= 0.3 is 0 Å². The number of hydrogen-bond acceptors (Lipinski definition) is 3. The highest BCUT2D eigenvalue weighted by molar-refractivity contribution is 8.00.